The van der Waals surface area contributed by atoms with E-state index in [1.807, 2.05) is 0 Å². The van der Waals surface area contributed by atoms with Gasteiger partial charge in [-0.2, -0.15) is 5.10 Å². The van der Waals surface area contributed by atoms with Crippen LogP contribution in [-0.2, 0) is 6.42 Å². The number of rotatable bonds is 2. The van der Waals surface area contributed by atoms with E-state index >= 15 is 0 Å². The number of anilines is 1. The highest BCUT2D eigenvalue weighted by Gasteiger charge is 2.45. The number of fused-ring (bicyclic) bond motifs is 2. The van der Waals surface area contributed by atoms with Crippen LogP contribution in [0.15, 0.2) is 48.9 Å². The molecule has 156 valence electrons. The maximum atomic E-state index is 14.1. The van der Waals surface area contributed by atoms with Gasteiger partial charge in [0.15, 0.2) is 5.82 Å². The van der Waals surface area contributed by atoms with Crippen LogP contribution in [0.5, 0.6) is 0 Å². The highest BCUT2D eigenvalue weighted by atomic mass is 19.1. The number of nitrogens with two attached hydrogens (primary N) is 1. The van der Waals surface area contributed by atoms with Gasteiger partial charge in [0.2, 0.25) is 5.65 Å². The number of benzene rings is 1. The molecule has 1 atom stereocenters. The first kappa shape index (κ1) is 18.4. The number of pyridine rings is 1. The number of nitrogens with one attached hydrogen (secondary N) is 1. The van der Waals surface area contributed by atoms with Crippen molar-refractivity contribution in [3.63, 3.8) is 0 Å². The van der Waals surface area contributed by atoms with E-state index in [2.05, 4.69) is 49.3 Å². The third-order valence-electron chi connectivity index (χ3n) is 6.97. The molecule has 0 amide bonds. The summed E-state index contributed by atoms with van der Waals surface area (Å²) in [5.74, 6) is 0.369. The molecule has 7 nitrogen and oxygen atoms in total. The molecular weight excluding hydrogens is 393 g/mol. The largest absolute Gasteiger partial charge is 0.355 e. The summed E-state index contributed by atoms with van der Waals surface area (Å²) in [6, 6.07) is 10.2. The summed E-state index contributed by atoms with van der Waals surface area (Å²) in [5, 5.41) is 7.15. The number of aromatic nitrogens is 5. The van der Waals surface area contributed by atoms with Crippen LogP contribution in [0.4, 0.5) is 10.2 Å². The van der Waals surface area contributed by atoms with E-state index in [-0.39, 0.29) is 11.5 Å². The van der Waals surface area contributed by atoms with Crippen molar-refractivity contribution in [1.29, 1.82) is 0 Å². The minimum atomic E-state index is -0.422. The average molecular weight is 415 g/mol. The Hall–Kier alpha value is -3.39. The van der Waals surface area contributed by atoms with E-state index in [1.54, 1.807) is 18.5 Å². The average Bonchev–Trinajstić information content (AvgIpc) is 3.34. The molecule has 3 N–H and O–H groups in total. The molecule has 6 rings (SSSR count). The minimum absolute atomic E-state index is 0.0866. The molecule has 1 aliphatic carbocycles. The number of piperidine rings is 1. The molecule has 4 heterocycles. The second kappa shape index (κ2) is 6.81. The van der Waals surface area contributed by atoms with Gasteiger partial charge in [0, 0.05) is 30.9 Å². The Morgan fingerprint density at radius 1 is 1.13 bits per heavy atom. The molecule has 0 saturated carbocycles. The molecule has 1 aliphatic heterocycles. The number of halogens is 1. The Kier molecular flexibility index (Phi) is 4.04. The smallest absolute Gasteiger partial charge is 0.202 e. The summed E-state index contributed by atoms with van der Waals surface area (Å²) in [6.45, 7) is 1.75. The molecule has 31 heavy (non-hydrogen) atoms. The Bertz CT molecular complexity index is 1280. The van der Waals surface area contributed by atoms with Gasteiger partial charge >= 0.3 is 0 Å². The van der Waals surface area contributed by atoms with Crippen LogP contribution in [0.2, 0.25) is 0 Å². The van der Waals surface area contributed by atoms with Crippen LogP contribution in [0, 0.1) is 11.2 Å². The van der Waals surface area contributed by atoms with Gasteiger partial charge in [-0.15, -0.1) is 0 Å². The van der Waals surface area contributed by atoms with E-state index < -0.39 is 5.82 Å². The van der Waals surface area contributed by atoms with Crippen LogP contribution in [-0.4, -0.2) is 38.2 Å². The van der Waals surface area contributed by atoms with Gasteiger partial charge < -0.3 is 10.6 Å². The Balaban J connectivity index is 1.24. The number of hydrogen-bond acceptors (Lipinski definition) is 6. The van der Waals surface area contributed by atoms with E-state index in [9.17, 15) is 4.39 Å². The third kappa shape index (κ3) is 2.82. The quantitative estimate of drug-likeness (QED) is 0.521. The number of hydrogen-bond donors (Lipinski definition) is 2. The zero-order valence-electron chi connectivity index (χ0n) is 16.9. The van der Waals surface area contributed by atoms with Crippen LogP contribution in [0.1, 0.15) is 30.0 Å². The predicted molar refractivity (Wildman–Crippen MR) is 116 cm³/mol. The summed E-state index contributed by atoms with van der Waals surface area (Å²) in [4.78, 5) is 15.3. The number of nitrogens with zero attached hydrogens (tertiary/aromatic N) is 5. The third-order valence-corrected chi connectivity index (χ3v) is 6.97. The van der Waals surface area contributed by atoms with Crippen molar-refractivity contribution in [2.45, 2.75) is 25.3 Å². The van der Waals surface area contributed by atoms with Crippen molar-refractivity contribution >= 4 is 17.0 Å². The van der Waals surface area contributed by atoms with Crippen molar-refractivity contribution in [1.82, 2.24) is 25.1 Å². The fourth-order valence-electron chi connectivity index (χ4n) is 5.19. The van der Waals surface area contributed by atoms with Crippen LogP contribution in [0.3, 0.4) is 0 Å². The van der Waals surface area contributed by atoms with Crippen molar-refractivity contribution in [3.8, 4) is 11.3 Å². The molecule has 0 bridgehead atoms. The van der Waals surface area contributed by atoms with Gasteiger partial charge in [-0.3, -0.25) is 10.1 Å². The zero-order chi connectivity index (χ0) is 21.0. The summed E-state index contributed by atoms with van der Waals surface area (Å²) < 4.78 is 14.1. The lowest BCUT2D eigenvalue weighted by molar-refractivity contribution is 0.187. The molecule has 1 fully saturated rings. The molecule has 0 unspecified atom stereocenters. The standard InChI is InChI=1S/C23H22FN7/c24-17-12-26-8-5-16(17)19-20-22(30-29-19)28-18(13-27-20)31-9-6-23(7-10-31)11-14-3-1-2-4-15(14)21(23)25/h1-5,8,12-13,21H,6-7,9-11,25H2,(H,28,29,30)/t21-/m0/s1. The first-order valence-electron chi connectivity index (χ1n) is 10.5. The molecule has 3 aromatic heterocycles. The summed E-state index contributed by atoms with van der Waals surface area (Å²) in [7, 11) is 0. The SMILES string of the molecule is N[C@H]1c2ccccc2CC12CCN(c1cnc3c(-c4ccncc4F)[nH]nc3n1)CC2. The second-order valence-corrected chi connectivity index (χ2v) is 8.56. The van der Waals surface area contributed by atoms with E-state index in [0.29, 0.717) is 22.4 Å². The Labute approximate surface area is 178 Å². The second-order valence-electron chi connectivity index (χ2n) is 8.56. The Morgan fingerprint density at radius 2 is 1.97 bits per heavy atom. The van der Waals surface area contributed by atoms with Crippen LogP contribution in [0.25, 0.3) is 22.4 Å². The summed E-state index contributed by atoms with van der Waals surface area (Å²) in [6.07, 6.45) is 7.54. The topological polar surface area (TPSA) is 96.6 Å². The fraction of sp³-hybridized carbons (Fsp3) is 0.304. The van der Waals surface area contributed by atoms with Gasteiger partial charge in [-0.25, -0.2) is 14.4 Å². The lowest BCUT2D eigenvalue weighted by atomic mass is 9.73. The lowest BCUT2D eigenvalue weighted by Gasteiger charge is -2.42. The van der Waals surface area contributed by atoms with Gasteiger partial charge in [-0.1, -0.05) is 24.3 Å². The highest BCUT2D eigenvalue weighted by molar-refractivity contribution is 5.87. The molecule has 0 radical (unpaired) electrons. The normalized spacial score (nSPS) is 19.8. The maximum Gasteiger partial charge on any atom is 0.202 e. The monoisotopic (exact) mass is 415 g/mol. The van der Waals surface area contributed by atoms with Gasteiger partial charge in [-0.05, 0) is 41.9 Å². The van der Waals surface area contributed by atoms with Crippen molar-refractivity contribution in [2.24, 2.45) is 11.1 Å². The fourth-order valence-corrected chi connectivity index (χ4v) is 5.19. The first-order valence-corrected chi connectivity index (χ1v) is 10.5. The van der Waals surface area contributed by atoms with E-state index in [1.165, 1.54) is 17.3 Å². The lowest BCUT2D eigenvalue weighted by Crippen LogP contribution is -2.44. The van der Waals surface area contributed by atoms with Crippen LogP contribution >= 0.6 is 0 Å². The molecule has 1 spiro atoms. The predicted octanol–water partition coefficient (Wildman–Crippen LogP) is 3.40. The summed E-state index contributed by atoms with van der Waals surface area (Å²) in [5.41, 5.74) is 11.4. The molecule has 2 aliphatic rings. The summed E-state index contributed by atoms with van der Waals surface area (Å²) >= 11 is 0. The van der Waals surface area contributed by atoms with Crippen molar-refractivity contribution in [3.05, 3.63) is 65.9 Å². The van der Waals surface area contributed by atoms with Gasteiger partial charge in [0.1, 0.15) is 11.3 Å². The highest BCUT2D eigenvalue weighted by Crippen LogP contribution is 2.50. The van der Waals surface area contributed by atoms with Gasteiger partial charge in [0.05, 0.1) is 18.1 Å². The Morgan fingerprint density at radius 3 is 2.77 bits per heavy atom. The minimum Gasteiger partial charge on any atom is -0.355 e. The van der Waals surface area contributed by atoms with Gasteiger partial charge in [0.25, 0.3) is 0 Å². The number of aromatic amines is 1. The molecule has 4 aromatic rings. The van der Waals surface area contributed by atoms with Crippen molar-refractivity contribution in [2.75, 3.05) is 18.0 Å². The molecular formula is C23H22FN7. The maximum absolute atomic E-state index is 14.1. The number of H-pyrrole nitrogens is 1. The van der Waals surface area contributed by atoms with E-state index in [0.717, 1.165) is 38.2 Å². The van der Waals surface area contributed by atoms with Crippen molar-refractivity contribution < 1.29 is 4.39 Å². The first-order chi connectivity index (χ1) is 15.1. The molecule has 1 saturated heterocycles. The molecule has 1 aromatic carbocycles. The molecule has 8 heteroatoms. The zero-order valence-corrected chi connectivity index (χ0v) is 16.9. The van der Waals surface area contributed by atoms with E-state index in [4.69, 9.17) is 10.7 Å². The van der Waals surface area contributed by atoms with Crippen LogP contribution < -0.4 is 10.6 Å².